The summed E-state index contributed by atoms with van der Waals surface area (Å²) < 4.78 is 11.5. The molecule has 0 saturated carbocycles. The van der Waals surface area contributed by atoms with Crippen LogP contribution >= 0.6 is 12.0 Å². The van der Waals surface area contributed by atoms with Gasteiger partial charge in [0.15, 0.2) is 0 Å². The molecule has 138 valence electrons. The molecule has 0 fully saturated rings. The van der Waals surface area contributed by atoms with Crippen LogP contribution in [-0.4, -0.2) is 28.9 Å². The van der Waals surface area contributed by atoms with Gasteiger partial charge in [0.25, 0.3) is 0 Å². The molecule has 0 aliphatic rings. The zero-order valence-electron chi connectivity index (χ0n) is 16.0. The molecular formula is C19H32O4S. The molecule has 1 rings (SSSR count). The lowest BCUT2D eigenvalue weighted by Gasteiger charge is -2.28. The van der Waals surface area contributed by atoms with E-state index >= 15 is 0 Å². The van der Waals surface area contributed by atoms with Crippen molar-refractivity contribution in [3.63, 3.8) is 0 Å². The summed E-state index contributed by atoms with van der Waals surface area (Å²) in [4.78, 5) is 11.8. The number of carboxylic acids is 1. The molecular weight excluding hydrogens is 324 g/mol. The number of carbonyl (C=O) groups is 1. The van der Waals surface area contributed by atoms with Crippen molar-refractivity contribution in [2.75, 3.05) is 6.61 Å². The summed E-state index contributed by atoms with van der Waals surface area (Å²) >= 11 is 1.35. The van der Waals surface area contributed by atoms with Gasteiger partial charge in [-0.2, -0.15) is 0 Å². The third-order valence-corrected chi connectivity index (χ3v) is 4.16. The van der Waals surface area contributed by atoms with Crippen LogP contribution in [0.2, 0.25) is 0 Å². The molecule has 4 nitrogen and oxygen atoms in total. The van der Waals surface area contributed by atoms with Crippen molar-refractivity contribution >= 4 is 18.0 Å². The predicted molar refractivity (Wildman–Crippen MR) is 100 cm³/mol. The summed E-state index contributed by atoms with van der Waals surface area (Å²) in [5, 5.41) is 8.83. The minimum Gasteiger partial charge on any atom is -0.481 e. The van der Waals surface area contributed by atoms with Crippen molar-refractivity contribution < 1.29 is 18.8 Å². The molecule has 0 aliphatic heterocycles. The number of ether oxygens (including phenoxy) is 1. The van der Waals surface area contributed by atoms with Crippen molar-refractivity contribution in [3.8, 4) is 0 Å². The number of benzene rings is 1. The van der Waals surface area contributed by atoms with Crippen molar-refractivity contribution in [2.24, 2.45) is 0 Å². The van der Waals surface area contributed by atoms with Crippen LogP contribution in [0, 0.1) is 6.92 Å². The SMILES string of the molecule is CC.Cc1ccc(SOC(C)(C)CCOC(C)(C)CC(=O)O)cc1. The first-order valence-electron chi connectivity index (χ1n) is 8.38. The lowest BCUT2D eigenvalue weighted by atomic mass is 10.0. The molecule has 0 aliphatic carbocycles. The first-order valence-corrected chi connectivity index (χ1v) is 9.12. The van der Waals surface area contributed by atoms with Gasteiger partial charge in [0, 0.05) is 23.4 Å². The van der Waals surface area contributed by atoms with Crippen molar-refractivity contribution in [2.45, 2.75) is 77.4 Å². The molecule has 5 heteroatoms. The van der Waals surface area contributed by atoms with Gasteiger partial charge in [-0.25, -0.2) is 0 Å². The van der Waals surface area contributed by atoms with E-state index in [-0.39, 0.29) is 12.0 Å². The Morgan fingerprint density at radius 2 is 1.62 bits per heavy atom. The molecule has 0 spiro atoms. The average molecular weight is 357 g/mol. The van der Waals surface area contributed by atoms with Crippen LogP contribution < -0.4 is 0 Å². The standard InChI is InChI=1S/C17H26O4S.C2H6/c1-13-6-8-14(9-7-13)22-21-16(2,3)10-11-20-17(4,5)12-15(18)19;1-2/h6-9H,10-12H2,1-5H3,(H,18,19);1-2H3. The highest BCUT2D eigenvalue weighted by Crippen LogP contribution is 2.28. The minimum atomic E-state index is -0.851. The number of aliphatic carboxylic acids is 1. The molecule has 0 amide bonds. The lowest BCUT2D eigenvalue weighted by molar-refractivity contribution is -0.144. The van der Waals surface area contributed by atoms with E-state index in [1.54, 1.807) is 13.8 Å². The van der Waals surface area contributed by atoms with E-state index in [2.05, 4.69) is 19.1 Å². The molecule has 24 heavy (non-hydrogen) atoms. The van der Waals surface area contributed by atoms with E-state index in [0.717, 1.165) is 4.90 Å². The Kier molecular flexibility index (Phi) is 10.3. The number of aryl methyl sites for hydroxylation is 1. The molecule has 1 aromatic rings. The number of carboxylic acid groups (broad SMARTS) is 1. The van der Waals surface area contributed by atoms with Gasteiger partial charge in [0.1, 0.15) is 0 Å². The van der Waals surface area contributed by atoms with Gasteiger partial charge >= 0.3 is 5.97 Å². The average Bonchev–Trinajstić information content (AvgIpc) is 2.47. The van der Waals surface area contributed by atoms with E-state index in [1.165, 1.54) is 17.6 Å². The van der Waals surface area contributed by atoms with Crippen molar-refractivity contribution in [3.05, 3.63) is 29.8 Å². The quantitative estimate of drug-likeness (QED) is 0.593. The Morgan fingerprint density at radius 3 is 2.12 bits per heavy atom. The maximum absolute atomic E-state index is 10.8. The minimum absolute atomic E-state index is 0.00754. The molecule has 1 aromatic carbocycles. The number of hydrogen-bond acceptors (Lipinski definition) is 4. The van der Waals surface area contributed by atoms with Gasteiger partial charge in [-0.15, -0.1) is 0 Å². The highest BCUT2D eigenvalue weighted by molar-refractivity contribution is 7.94. The Labute approximate surface area is 151 Å². The van der Waals surface area contributed by atoms with Crippen molar-refractivity contribution in [1.82, 2.24) is 0 Å². The fourth-order valence-electron chi connectivity index (χ4n) is 1.78. The summed E-state index contributed by atoms with van der Waals surface area (Å²) in [5.41, 5.74) is 0.207. The Balaban J connectivity index is 0.00000254. The van der Waals surface area contributed by atoms with E-state index in [0.29, 0.717) is 13.0 Å². The summed E-state index contributed by atoms with van der Waals surface area (Å²) in [5.74, 6) is -0.851. The second-order valence-corrected chi connectivity index (χ2v) is 7.47. The zero-order valence-corrected chi connectivity index (χ0v) is 16.8. The molecule has 0 aromatic heterocycles. The van der Waals surface area contributed by atoms with Gasteiger partial charge in [-0.05, 0) is 46.8 Å². The van der Waals surface area contributed by atoms with Crippen LogP contribution in [0.4, 0.5) is 0 Å². The maximum Gasteiger partial charge on any atom is 0.306 e. The number of rotatable bonds is 9. The fraction of sp³-hybridized carbons (Fsp3) is 0.632. The van der Waals surface area contributed by atoms with Gasteiger partial charge in [-0.3, -0.25) is 4.79 Å². The first kappa shape index (κ1) is 23.0. The van der Waals surface area contributed by atoms with Gasteiger partial charge < -0.3 is 14.0 Å². The highest BCUT2D eigenvalue weighted by Gasteiger charge is 2.25. The van der Waals surface area contributed by atoms with Crippen LogP contribution in [0.1, 0.15) is 59.9 Å². The lowest BCUT2D eigenvalue weighted by Crippen LogP contribution is -2.31. The molecule has 0 bridgehead atoms. The highest BCUT2D eigenvalue weighted by atomic mass is 32.2. The maximum atomic E-state index is 10.8. The van der Waals surface area contributed by atoms with E-state index < -0.39 is 11.6 Å². The third-order valence-electron chi connectivity index (χ3n) is 3.16. The predicted octanol–water partition coefficient (Wildman–Crippen LogP) is 5.48. The Bertz CT molecular complexity index is 481. The van der Waals surface area contributed by atoms with Crippen LogP contribution in [0.5, 0.6) is 0 Å². The van der Waals surface area contributed by atoms with E-state index in [9.17, 15) is 4.79 Å². The molecule has 0 atom stereocenters. The first-order chi connectivity index (χ1) is 11.1. The summed E-state index contributed by atoms with van der Waals surface area (Å²) in [6.07, 6.45) is 0.682. The second-order valence-electron chi connectivity index (χ2n) is 6.67. The largest absolute Gasteiger partial charge is 0.481 e. The van der Waals surface area contributed by atoms with Gasteiger partial charge in [0.05, 0.1) is 24.2 Å². The smallest absolute Gasteiger partial charge is 0.306 e. The van der Waals surface area contributed by atoms with Crippen LogP contribution in [0.25, 0.3) is 0 Å². The topological polar surface area (TPSA) is 55.8 Å². The monoisotopic (exact) mass is 356 g/mol. The summed E-state index contributed by atoms with van der Waals surface area (Å²) in [7, 11) is 0. The summed E-state index contributed by atoms with van der Waals surface area (Å²) in [6, 6.07) is 8.16. The Morgan fingerprint density at radius 1 is 1.08 bits per heavy atom. The van der Waals surface area contributed by atoms with Crippen LogP contribution in [0.15, 0.2) is 29.2 Å². The molecule has 1 N–H and O–H groups in total. The van der Waals surface area contributed by atoms with Crippen LogP contribution in [-0.2, 0) is 13.7 Å². The normalized spacial score (nSPS) is 11.6. The molecule has 0 saturated heterocycles. The fourth-order valence-corrected chi connectivity index (χ4v) is 2.44. The molecule has 0 unspecified atom stereocenters. The third kappa shape index (κ3) is 10.7. The zero-order chi connectivity index (χ0) is 18.8. The Hall–Kier alpha value is -1.04. The van der Waals surface area contributed by atoms with Crippen LogP contribution in [0.3, 0.4) is 0 Å². The van der Waals surface area contributed by atoms with E-state index in [1.807, 2.05) is 39.8 Å². The summed E-state index contributed by atoms with van der Waals surface area (Å²) in [6.45, 7) is 14.1. The second kappa shape index (κ2) is 10.7. The van der Waals surface area contributed by atoms with E-state index in [4.69, 9.17) is 14.0 Å². The van der Waals surface area contributed by atoms with Gasteiger partial charge in [0.2, 0.25) is 0 Å². The number of hydrogen-bond donors (Lipinski definition) is 1. The molecule has 0 heterocycles. The molecule has 0 radical (unpaired) electrons. The van der Waals surface area contributed by atoms with Crippen molar-refractivity contribution in [1.29, 1.82) is 0 Å². The van der Waals surface area contributed by atoms with Gasteiger partial charge in [-0.1, -0.05) is 31.5 Å².